The SMILES string of the molecule is CNC(CCc1ccccc1)c1ccc(Cl)cn1. The van der Waals surface area contributed by atoms with E-state index in [1.54, 1.807) is 6.20 Å². The molecule has 3 heteroatoms. The van der Waals surface area contributed by atoms with E-state index in [2.05, 4.69) is 34.6 Å². The van der Waals surface area contributed by atoms with Gasteiger partial charge in [-0.2, -0.15) is 0 Å². The zero-order valence-corrected chi connectivity index (χ0v) is 11.2. The van der Waals surface area contributed by atoms with E-state index in [-0.39, 0.29) is 6.04 Å². The Hall–Kier alpha value is -1.38. The Morgan fingerprint density at radius 1 is 1.17 bits per heavy atom. The van der Waals surface area contributed by atoms with Crippen molar-refractivity contribution in [1.82, 2.24) is 10.3 Å². The Bertz CT molecular complexity index is 468. The lowest BCUT2D eigenvalue weighted by Crippen LogP contribution is -2.18. The maximum absolute atomic E-state index is 5.85. The molecule has 1 aromatic carbocycles. The number of nitrogens with one attached hydrogen (secondary N) is 1. The van der Waals surface area contributed by atoms with Crippen molar-refractivity contribution in [3.8, 4) is 0 Å². The van der Waals surface area contributed by atoms with E-state index in [0.29, 0.717) is 5.02 Å². The van der Waals surface area contributed by atoms with E-state index in [1.807, 2.05) is 25.2 Å². The summed E-state index contributed by atoms with van der Waals surface area (Å²) >= 11 is 5.85. The Morgan fingerprint density at radius 3 is 2.56 bits per heavy atom. The number of aromatic nitrogens is 1. The third-order valence-electron chi connectivity index (χ3n) is 3.02. The molecule has 18 heavy (non-hydrogen) atoms. The quantitative estimate of drug-likeness (QED) is 0.888. The number of pyridine rings is 1. The molecule has 1 N–H and O–H groups in total. The van der Waals surface area contributed by atoms with Crippen molar-refractivity contribution in [1.29, 1.82) is 0 Å². The number of aryl methyl sites for hydroxylation is 1. The first-order chi connectivity index (χ1) is 8.79. The van der Waals surface area contributed by atoms with Crippen LogP contribution >= 0.6 is 11.6 Å². The molecule has 1 atom stereocenters. The number of benzene rings is 1. The molecule has 0 aliphatic carbocycles. The van der Waals surface area contributed by atoms with Gasteiger partial charge in [-0.1, -0.05) is 41.9 Å². The van der Waals surface area contributed by atoms with E-state index in [9.17, 15) is 0 Å². The molecular weight excluding hydrogens is 244 g/mol. The minimum Gasteiger partial charge on any atom is -0.312 e. The van der Waals surface area contributed by atoms with Gasteiger partial charge in [-0.25, -0.2) is 0 Å². The van der Waals surface area contributed by atoms with Gasteiger partial charge in [-0.3, -0.25) is 4.98 Å². The van der Waals surface area contributed by atoms with E-state index in [0.717, 1.165) is 18.5 Å². The summed E-state index contributed by atoms with van der Waals surface area (Å²) in [6.07, 6.45) is 3.76. The van der Waals surface area contributed by atoms with Gasteiger partial charge in [-0.05, 0) is 37.6 Å². The van der Waals surface area contributed by atoms with Gasteiger partial charge in [-0.15, -0.1) is 0 Å². The molecule has 0 radical (unpaired) electrons. The third-order valence-corrected chi connectivity index (χ3v) is 3.24. The van der Waals surface area contributed by atoms with Crippen molar-refractivity contribution in [2.45, 2.75) is 18.9 Å². The molecule has 2 nitrogen and oxygen atoms in total. The predicted molar refractivity (Wildman–Crippen MR) is 75.8 cm³/mol. The van der Waals surface area contributed by atoms with Crippen molar-refractivity contribution in [3.05, 3.63) is 64.9 Å². The predicted octanol–water partition coefficient (Wildman–Crippen LogP) is 3.63. The van der Waals surface area contributed by atoms with E-state index >= 15 is 0 Å². The minimum atomic E-state index is 0.266. The van der Waals surface area contributed by atoms with Crippen molar-refractivity contribution >= 4 is 11.6 Å². The van der Waals surface area contributed by atoms with Gasteiger partial charge >= 0.3 is 0 Å². The van der Waals surface area contributed by atoms with Crippen molar-refractivity contribution in [3.63, 3.8) is 0 Å². The average molecular weight is 261 g/mol. The topological polar surface area (TPSA) is 24.9 Å². The normalized spacial score (nSPS) is 12.3. The van der Waals surface area contributed by atoms with Crippen molar-refractivity contribution in [2.75, 3.05) is 7.05 Å². The van der Waals surface area contributed by atoms with Crippen LogP contribution in [0.25, 0.3) is 0 Å². The standard InChI is InChI=1S/C15H17ClN2/c1-17-14(15-10-8-13(16)11-18-15)9-7-12-5-3-2-4-6-12/h2-6,8,10-11,14,17H,7,9H2,1H3. The second kappa shape index (κ2) is 6.53. The molecule has 94 valence electrons. The van der Waals surface area contributed by atoms with Crippen LogP contribution in [0, 0.1) is 0 Å². The molecular formula is C15H17ClN2. The molecule has 2 aromatic rings. The molecule has 0 aliphatic heterocycles. The van der Waals surface area contributed by atoms with Crippen molar-refractivity contribution < 1.29 is 0 Å². The highest BCUT2D eigenvalue weighted by Crippen LogP contribution is 2.18. The van der Waals surface area contributed by atoms with Crippen LogP contribution in [0.3, 0.4) is 0 Å². The van der Waals surface area contributed by atoms with Crippen LogP contribution in [0.15, 0.2) is 48.7 Å². The molecule has 1 aromatic heterocycles. The largest absolute Gasteiger partial charge is 0.312 e. The first kappa shape index (κ1) is 13.1. The van der Waals surface area contributed by atoms with E-state index in [4.69, 9.17) is 11.6 Å². The third kappa shape index (κ3) is 3.56. The monoisotopic (exact) mass is 260 g/mol. The lowest BCUT2D eigenvalue weighted by atomic mass is 10.0. The first-order valence-electron chi connectivity index (χ1n) is 6.12. The molecule has 1 heterocycles. The summed E-state index contributed by atoms with van der Waals surface area (Å²) in [6, 6.07) is 14.6. The first-order valence-corrected chi connectivity index (χ1v) is 6.50. The summed E-state index contributed by atoms with van der Waals surface area (Å²) in [4.78, 5) is 4.37. The summed E-state index contributed by atoms with van der Waals surface area (Å²) in [5.41, 5.74) is 2.39. The van der Waals surface area contributed by atoms with Crippen LogP contribution in [-0.4, -0.2) is 12.0 Å². The fourth-order valence-electron chi connectivity index (χ4n) is 1.99. The molecule has 1 unspecified atom stereocenters. The molecule has 0 aliphatic rings. The van der Waals surface area contributed by atoms with E-state index < -0.39 is 0 Å². The fraction of sp³-hybridized carbons (Fsp3) is 0.267. The number of hydrogen-bond donors (Lipinski definition) is 1. The van der Waals surface area contributed by atoms with Gasteiger partial charge in [0.25, 0.3) is 0 Å². The molecule has 0 fully saturated rings. The number of rotatable bonds is 5. The Kier molecular flexibility index (Phi) is 4.73. The fourth-order valence-corrected chi connectivity index (χ4v) is 2.10. The van der Waals surface area contributed by atoms with Crippen LogP contribution in [0.1, 0.15) is 23.7 Å². The maximum atomic E-state index is 5.85. The summed E-state index contributed by atoms with van der Waals surface area (Å²) in [5, 5.41) is 3.98. The minimum absolute atomic E-state index is 0.266. The smallest absolute Gasteiger partial charge is 0.0589 e. The summed E-state index contributed by atoms with van der Waals surface area (Å²) in [6.45, 7) is 0. The highest BCUT2D eigenvalue weighted by atomic mass is 35.5. The van der Waals surface area contributed by atoms with Gasteiger partial charge in [0.05, 0.1) is 10.7 Å². The highest BCUT2D eigenvalue weighted by Gasteiger charge is 2.10. The maximum Gasteiger partial charge on any atom is 0.0589 e. The molecule has 0 saturated carbocycles. The van der Waals surface area contributed by atoms with Crippen LogP contribution in [0.2, 0.25) is 5.02 Å². The second-order valence-corrected chi connectivity index (χ2v) is 4.70. The number of nitrogens with zero attached hydrogens (tertiary/aromatic N) is 1. The molecule has 2 rings (SSSR count). The summed E-state index contributed by atoms with van der Waals surface area (Å²) < 4.78 is 0. The second-order valence-electron chi connectivity index (χ2n) is 4.27. The Morgan fingerprint density at radius 2 is 1.94 bits per heavy atom. The van der Waals surface area contributed by atoms with Gasteiger partial charge in [0.2, 0.25) is 0 Å². The van der Waals surface area contributed by atoms with Crippen LogP contribution in [0.4, 0.5) is 0 Å². The number of halogens is 1. The lowest BCUT2D eigenvalue weighted by molar-refractivity contribution is 0.536. The lowest BCUT2D eigenvalue weighted by Gasteiger charge is -2.15. The summed E-state index contributed by atoms with van der Waals surface area (Å²) in [5.74, 6) is 0. The van der Waals surface area contributed by atoms with Crippen LogP contribution < -0.4 is 5.32 Å². The average Bonchev–Trinajstić information content (AvgIpc) is 2.42. The zero-order chi connectivity index (χ0) is 12.8. The van der Waals surface area contributed by atoms with Crippen LogP contribution in [0.5, 0.6) is 0 Å². The van der Waals surface area contributed by atoms with Gasteiger partial charge in [0, 0.05) is 12.2 Å². The highest BCUT2D eigenvalue weighted by molar-refractivity contribution is 6.30. The van der Waals surface area contributed by atoms with Crippen molar-refractivity contribution in [2.24, 2.45) is 0 Å². The zero-order valence-electron chi connectivity index (χ0n) is 10.4. The molecule has 0 spiro atoms. The molecule has 0 saturated heterocycles. The van der Waals surface area contributed by atoms with Gasteiger partial charge < -0.3 is 5.32 Å². The van der Waals surface area contributed by atoms with E-state index in [1.165, 1.54) is 5.56 Å². The van der Waals surface area contributed by atoms with Gasteiger partial charge in [0.1, 0.15) is 0 Å². The Labute approximate surface area is 113 Å². The molecule has 0 bridgehead atoms. The molecule has 0 amide bonds. The van der Waals surface area contributed by atoms with Gasteiger partial charge in [0.15, 0.2) is 0 Å². The number of hydrogen-bond acceptors (Lipinski definition) is 2. The Balaban J connectivity index is 1.99. The summed E-state index contributed by atoms with van der Waals surface area (Å²) in [7, 11) is 1.96. The van der Waals surface area contributed by atoms with Crippen LogP contribution in [-0.2, 0) is 6.42 Å².